The minimum Gasteiger partial charge on any atom is -0.352 e. The standard InChI is InChI=1S/C14H18BrFN2O/c1-10(19)17-13-3-2-6-18(9-13)8-11-7-12(16)4-5-14(11)15/h4-5,7,13H,2-3,6,8-9H2,1H3,(H,17,19). The van der Waals surface area contributed by atoms with Gasteiger partial charge in [-0.25, -0.2) is 4.39 Å². The summed E-state index contributed by atoms with van der Waals surface area (Å²) in [6.45, 7) is 4.05. The molecule has 1 heterocycles. The van der Waals surface area contributed by atoms with Crippen LogP contribution in [-0.2, 0) is 11.3 Å². The first kappa shape index (κ1) is 14.5. The minimum absolute atomic E-state index is 0.0128. The first-order chi connectivity index (χ1) is 9.04. The highest BCUT2D eigenvalue weighted by molar-refractivity contribution is 9.10. The fourth-order valence-electron chi connectivity index (χ4n) is 2.51. The lowest BCUT2D eigenvalue weighted by Crippen LogP contribution is -2.46. The van der Waals surface area contributed by atoms with E-state index in [2.05, 4.69) is 26.1 Å². The van der Waals surface area contributed by atoms with E-state index >= 15 is 0 Å². The number of carbonyl (C=O) groups excluding carboxylic acids is 1. The Morgan fingerprint density at radius 3 is 3.11 bits per heavy atom. The van der Waals surface area contributed by atoms with E-state index in [1.54, 1.807) is 19.1 Å². The Morgan fingerprint density at radius 1 is 1.58 bits per heavy atom. The van der Waals surface area contributed by atoms with Crippen LogP contribution in [-0.4, -0.2) is 29.9 Å². The monoisotopic (exact) mass is 328 g/mol. The number of piperidine rings is 1. The van der Waals surface area contributed by atoms with Crippen LogP contribution in [0, 0.1) is 5.82 Å². The summed E-state index contributed by atoms with van der Waals surface area (Å²) in [5.74, 6) is -0.201. The van der Waals surface area contributed by atoms with E-state index in [1.165, 1.54) is 6.07 Å². The molecule has 0 aromatic heterocycles. The van der Waals surface area contributed by atoms with Crippen molar-refractivity contribution in [2.75, 3.05) is 13.1 Å². The van der Waals surface area contributed by atoms with Gasteiger partial charge < -0.3 is 5.32 Å². The number of carbonyl (C=O) groups is 1. The van der Waals surface area contributed by atoms with Crippen LogP contribution in [0.1, 0.15) is 25.3 Å². The Bertz CT molecular complexity index is 467. The van der Waals surface area contributed by atoms with Crippen LogP contribution in [0.15, 0.2) is 22.7 Å². The largest absolute Gasteiger partial charge is 0.352 e. The summed E-state index contributed by atoms with van der Waals surface area (Å²) in [6.07, 6.45) is 2.07. The normalized spacial score (nSPS) is 20.3. The summed E-state index contributed by atoms with van der Waals surface area (Å²) in [4.78, 5) is 13.3. The van der Waals surface area contributed by atoms with Gasteiger partial charge in [0.2, 0.25) is 5.91 Å². The summed E-state index contributed by atoms with van der Waals surface area (Å²) >= 11 is 3.45. The SMILES string of the molecule is CC(=O)NC1CCCN(Cc2cc(F)ccc2Br)C1. The van der Waals surface area contributed by atoms with Gasteiger partial charge in [0.25, 0.3) is 0 Å². The lowest BCUT2D eigenvalue weighted by Gasteiger charge is -2.33. The molecule has 0 saturated carbocycles. The Morgan fingerprint density at radius 2 is 2.37 bits per heavy atom. The zero-order valence-corrected chi connectivity index (χ0v) is 12.5. The van der Waals surface area contributed by atoms with Gasteiger partial charge in [0, 0.05) is 30.5 Å². The van der Waals surface area contributed by atoms with Crippen molar-refractivity contribution < 1.29 is 9.18 Å². The topological polar surface area (TPSA) is 32.3 Å². The molecule has 1 fully saturated rings. The molecule has 0 bridgehead atoms. The van der Waals surface area contributed by atoms with Gasteiger partial charge in [0.1, 0.15) is 5.82 Å². The molecule has 3 nitrogen and oxygen atoms in total. The van der Waals surface area contributed by atoms with Crippen LogP contribution < -0.4 is 5.32 Å². The molecule has 1 aromatic rings. The molecule has 1 amide bonds. The number of amides is 1. The van der Waals surface area contributed by atoms with Crippen molar-refractivity contribution in [1.82, 2.24) is 10.2 Å². The van der Waals surface area contributed by atoms with Gasteiger partial charge in [0.15, 0.2) is 0 Å². The molecule has 1 N–H and O–H groups in total. The van der Waals surface area contributed by atoms with E-state index in [-0.39, 0.29) is 17.8 Å². The first-order valence-corrected chi connectivity index (χ1v) is 7.27. The summed E-state index contributed by atoms with van der Waals surface area (Å²) in [7, 11) is 0. The molecule has 0 spiro atoms. The molecule has 5 heteroatoms. The molecule has 0 radical (unpaired) electrons. The number of nitrogens with zero attached hydrogens (tertiary/aromatic N) is 1. The summed E-state index contributed by atoms with van der Waals surface area (Å²) in [5, 5.41) is 2.96. The Kier molecular flexibility index (Phi) is 4.93. The van der Waals surface area contributed by atoms with Crippen molar-refractivity contribution in [2.45, 2.75) is 32.4 Å². The maximum atomic E-state index is 13.3. The lowest BCUT2D eigenvalue weighted by atomic mass is 10.0. The molecule has 2 rings (SSSR count). The maximum absolute atomic E-state index is 13.3. The Balaban J connectivity index is 1.98. The highest BCUT2D eigenvalue weighted by Gasteiger charge is 2.21. The molecule has 1 aliphatic rings. The third-order valence-corrected chi connectivity index (χ3v) is 4.09. The van der Waals surface area contributed by atoms with Gasteiger partial charge >= 0.3 is 0 Å². The van der Waals surface area contributed by atoms with E-state index < -0.39 is 0 Å². The van der Waals surface area contributed by atoms with Crippen LogP contribution >= 0.6 is 15.9 Å². The highest BCUT2D eigenvalue weighted by atomic mass is 79.9. The number of hydrogen-bond donors (Lipinski definition) is 1. The molecule has 1 aromatic carbocycles. The highest BCUT2D eigenvalue weighted by Crippen LogP contribution is 2.21. The number of rotatable bonds is 3. The molecule has 1 saturated heterocycles. The maximum Gasteiger partial charge on any atom is 0.217 e. The summed E-state index contributed by atoms with van der Waals surface area (Å²) in [5.41, 5.74) is 0.948. The van der Waals surface area contributed by atoms with Crippen LogP contribution in [0.3, 0.4) is 0 Å². The van der Waals surface area contributed by atoms with Crippen LogP contribution in [0.4, 0.5) is 4.39 Å². The smallest absolute Gasteiger partial charge is 0.217 e. The van der Waals surface area contributed by atoms with Crippen LogP contribution in [0.5, 0.6) is 0 Å². The van der Waals surface area contributed by atoms with Gasteiger partial charge in [-0.05, 0) is 43.1 Å². The molecule has 0 aliphatic carbocycles. The molecular formula is C14H18BrFN2O. The quantitative estimate of drug-likeness (QED) is 0.925. The lowest BCUT2D eigenvalue weighted by molar-refractivity contribution is -0.120. The Labute approximate surface area is 121 Å². The van der Waals surface area contributed by atoms with Crippen molar-refractivity contribution >= 4 is 21.8 Å². The molecule has 1 atom stereocenters. The van der Waals surface area contributed by atoms with Crippen molar-refractivity contribution in [2.24, 2.45) is 0 Å². The van der Waals surface area contributed by atoms with Crippen molar-refractivity contribution in [3.8, 4) is 0 Å². The van der Waals surface area contributed by atoms with E-state index in [0.29, 0.717) is 6.54 Å². The second kappa shape index (κ2) is 6.48. The number of benzene rings is 1. The first-order valence-electron chi connectivity index (χ1n) is 6.48. The summed E-state index contributed by atoms with van der Waals surface area (Å²) < 4.78 is 14.2. The summed E-state index contributed by atoms with van der Waals surface area (Å²) in [6, 6.07) is 4.95. The van der Waals surface area contributed by atoms with Gasteiger partial charge in [-0.2, -0.15) is 0 Å². The van der Waals surface area contributed by atoms with E-state index in [0.717, 1.165) is 36.0 Å². The minimum atomic E-state index is -0.214. The third kappa shape index (κ3) is 4.28. The Hall–Kier alpha value is -0.940. The number of hydrogen-bond acceptors (Lipinski definition) is 2. The van der Waals surface area contributed by atoms with Gasteiger partial charge in [0.05, 0.1) is 0 Å². The number of likely N-dealkylation sites (tertiary alicyclic amines) is 1. The van der Waals surface area contributed by atoms with E-state index in [9.17, 15) is 9.18 Å². The average Bonchev–Trinajstić information content (AvgIpc) is 2.33. The molecule has 19 heavy (non-hydrogen) atoms. The zero-order chi connectivity index (χ0) is 13.8. The fraction of sp³-hybridized carbons (Fsp3) is 0.500. The third-order valence-electron chi connectivity index (χ3n) is 3.31. The van der Waals surface area contributed by atoms with Gasteiger partial charge in [-0.1, -0.05) is 15.9 Å². The number of nitrogens with one attached hydrogen (secondary N) is 1. The average molecular weight is 329 g/mol. The van der Waals surface area contributed by atoms with Crippen molar-refractivity contribution in [3.05, 3.63) is 34.1 Å². The second-order valence-corrected chi connectivity index (χ2v) is 5.86. The van der Waals surface area contributed by atoms with Crippen molar-refractivity contribution in [1.29, 1.82) is 0 Å². The van der Waals surface area contributed by atoms with Crippen LogP contribution in [0.2, 0.25) is 0 Å². The predicted molar refractivity (Wildman–Crippen MR) is 76.2 cm³/mol. The number of halogens is 2. The second-order valence-electron chi connectivity index (χ2n) is 5.01. The molecular weight excluding hydrogens is 311 g/mol. The zero-order valence-electron chi connectivity index (χ0n) is 11.0. The van der Waals surface area contributed by atoms with E-state index in [1.807, 2.05) is 0 Å². The van der Waals surface area contributed by atoms with Gasteiger partial charge in [-0.15, -0.1) is 0 Å². The molecule has 104 valence electrons. The molecule has 1 aliphatic heterocycles. The van der Waals surface area contributed by atoms with Gasteiger partial charge in [-0.3, -0.25) is 9.69 Å². The van der Waals surface area contributed by atoms with Crippen molar-refractivity contribution in [3.63, 3.8) is 0 Å². The fourth-order valence-corrected chi connectivity index (χ4v) is 2.88. The van der Waals surface area contributed by atoms with Crippen LogP contribution in [0.25, 0.3) is 0 Å². The van der Waals surface area contributed by atoms with E-state index in [4.69, 9.17) is 0 Å². The molecule has 1 unspecified atom stereocenters. The predicted octanol–water partition coefficient (Wildman–Crippen LogP) is 2.69.